The second-order valence-electron chi connectivity index (χ2n) is 6.32. The number of aliphatic hydroxyl groups excluding tert-OH is 1. The van der Waals surface area contributed by atoms with Gasteiger partial charge < -0.3 is 10.4 Å². The molecule has 4 nitrogen and oxygen atoms in total. The fourth-order valence-electron chi connectivity index (χ4n) is 2.91. The van der Waals surface area contributed by atoms with Gasteiger partial charge in [-0.3, -0.25) is 4.90 Å². The summed E-state index contributed by atoms with van der Waals surface area (Å²) >= 11 is 6.31. The van der Waals surface area contributed by atoms with Crippen LogP contribution >= 0.6 is 11.6 Å². The van der Waals surface area contributed by atoms with Crippen LogP contribution in [0.15, 0.2) is 18.2 Å². The van der Waals surface area contributed by atoms with E-state index in [1.54, 1.807) is 4.90 Å². The largest absolute Gasteiger partial charge is 0.396 e. The highest BCUT2D eigenvalue weighted by molar-refractivity contribution is 6.32. The first-order valence-electron chi connectivity index (χ1n) is 7.34. The summed E-state index contributed by atoms with van der Waals surface area (Å²) in [5.74, 6) is 0. The van der Waals surface area contributed by atoms with Crippen LogP contribution in [0.2, 0.25) is 5.02 Å². The van der Waals surface area contributed by atoms with Gasteiger partial charge in [0, 0.05) is 35.2 Å². The van der Waals surface area contributed by atoms with E-state index in [1.807, 2.05) is 25.1 Å². The zero-order chi connectivity index (χ0) is 15.6. The molecular formula is C16H23ClN2O2. The molecule has 2 amide bonds. The molecule has 21 heavy (non-hydrogen) atoms. The first-order chi connectivity index (χ1) is 9.86. The number of carbonyl (C=O) groups is 1. The molecular weight excluding hydrogens is 288 g/mol. The molecule has 0 aromatic heterocycles. The van der Waals surface area contributed by atoms with E-state index in [-0.39, 0.29) is 24.1 Å². The van der Waals surface area contributed by atoms with Gasteiger partial charge in [0.1, 0.15) is 0 Å². The summed E-state index contributed by atoms with van der Waals surface area (Å²) < 4.78 is 0. The molecule has 1 heterocycles. The minimum Gasteiger partial charge on any atom is -0.396 e. The van der Waals surface area contributed by atoms with Crippen molar-refractivity contribution in [3.05, 3.63) is 28.8 Å². The number of hydrogen-bond donors (Lipinski definition) is 2. The van der Waals surface area contributed by atoms with Crippen LogP contribution in [0.1, 0.15) is 39.2 Å². The van der Waals surface area contributed by atoms with Crippen molar-refractivity contribution >= 4 is 23.3 Å². The number of nitrogens with one attached hydrogen (secondary N) is 1. The van der Waals surface area contributed by atoms with Crippen molar-refractivity contribution in [2.75, 3.05) is 18.1 Å². The van der Waals surface area contributed by atoms with Crippen LogP contribution in [0.4, 0.5) is 10.5 Å². The Balaban J connectivity index is 2.16. The summed E-state index contributed by atoms with van der Waals surface area (Å²) in [5.41, 5.74) is 1.77. The van der Waals surface area contributed by atoms with Crippen molar-refractivity contribution in [2.24, 2.45) is 0 Å². The van der Waals surface area contributed by atoms with Crippen LogP contribution in [0, 0.1) is 0 Å². The van der Waals surface area contributed by atoms with Gasteiger partial charge >= 0.3 is 6.03 Å². The third-order valence-corrected chi connectivity index (χ3v) is 4.24. The van der Waals surface area contributed by atoms with Gasteiger partial charge in [-0.1, -0.05) is 31.5 Å². The Morgan fingerprint density at radius 1 is 1.52 bits per heavy atom. The molecule has 1 aromatic carbocycles. The van der Waals surface area contributed by atoms with Crippen molar-refractivity contribution in [1.82, 2.24) is 5.32 Å². The van der Waals surface area contributed by atoms with Gasteiger partial charge in [-0.25, -0.2) is 4.79 Å². The Labute approximate surface area is 131 Å². The number of halogens is 1. The summed E-state index contributed by atoms with van der Waals surface area (Å²) in [6.45, 7) is 6.91. The molecule has 0 fully saturated rings. The molecule has 0 saturated heterocycles. The Kier molecular flexibility index (Phi) is 4.79. The van der Waals surface area contributed by atoms with E-state index < -0.39 is 0 Å². The number of hydrogen-bond acceptors (Lipinski definition) is 2. The summed E-state index contributed by atoms with van der Waals surface area (Å²) in [4.78, 5) is 14.3. The van der Waals surface area contributed by atoms with Crippen LogP contribution in [-0.2, 0) is 5.41 Å². The lowest BCUT2D eigenvalue weighted by Crippen LogP contribution is -2.45. The standard InChI is InChI=1S/C16H23ClN2O2/c1-11(6-5-9-20)18-15(21)19-10-16(2,3)14-12(17)7-4-8-13(14)19/h4,7-8,11,20H,5-6,9-10H2,1-3H3,(H,18,21). The summed E-state index contributed by atoms with van der Waals surface area (Å²) in [7, 11) is 0. The van der Waals surface area contributed by atoms with Crippen molar-refractivity contribution in [3.63, 3.8) is 0 Å². The van der Waals surface area contributed by atoms with E-state index in [2.05, 4.69) is 19.2 Å². The molecule has 1 atom stereocenters. The molecule has 1 aliphatic heterocycles. The van der Waals surface area contributed by atoms with E-state index in [0.717, 1.165) is 17.7 Å². The lowest BCUT2D eigenvalue weighted by atomic mass is 9.87. The molecule has 1 aromatic rings. The fourth-order valence-corrected chi connectivity index (χ4v) is 3.33. The Bertz CT molecular complexity index is 531. The Morgan fingerprint density at radius 3 is 2.90 bits per heavy atom. The second kappa shape index (κ2) is 6.24. The lowest BCUT2D eigenvalue weighted by Gasteiger charge is -2.23. The van der Waals surface area contributed by atoms with E-state index in [9.17, 15) is 4.79 Å². The number of nitrogens with zero attached hydrogens (tertiary/aromatic N) is 1. The number of anilines is 1. The van der Waals surface area contributed by atoms with E-state index >= 15 is 0 Å². The minimum absolute atomic E-state index is 0.0380. The molecule has 2 rings (SSSR count). The molecule has 5 heteroatoms. The molecule has 0 radical (unpaired) electrons. The van der Waals surface area contributed by atoms with Gasteiger partial charge in [-0.2, -0.15) is 0 Å². The zero-order valence-electron chi connectivity index (χ0n) is 12.8. The van der Waals surface area contributed by atoms with Crippen molar-refractivity contribution < 1.29 is 9.90 Å². The maximum atomic E-state index is 12.5. The molecule has 0 saturated carbocycles. The van der Waals surface area contributed by atoms with Gasteiger partial charge in [-0.15, -0.1) is 0 Å². The van der Waals surface area contributed by atoms with Crippen molar-refractivity contribution in [3.8, 4) is 0 Å². The number of fused-ring (bicyclic) bond motifs is 1. The molecule has 0 spiro atoms. The quantitative estimate of drug-likeness (QED) is 0.896. The van der Waals surface area contributed by atoms with Crippen LogP contribution < -0.4 is 10.2 Å². The van der Waals surface area contributed by atoms with Crippen molar-refractivity contribution in [2.45, 2.75) is 45.1 Å². The first-order valence-corrected chi connectivity index (χ1v) is 7.72. The van der Waals surface area contributed by atoms with E-state index in [1.165, 1.54) is 0 Å². The second-order valence-corrected chi connectivity index (χ2v) is 6.73. The minimum atomic E-state index is -0.153. The first kappa shape index (κ1) is 16.1. The van der Waals surface area contributed by atoms with Gasteiger partial charge in [0.2, 0.25) is 0 Å². The summed E-state index contributed by atoms with van der Waals surface area (Å²) in [5, 5.41) is 12.5. The van der Waals surface area contributed by atoms with Crippen LogP contribution in [0.25, 0.3) is 0 Å². The Morgan fingerprint density at radius 2 is 2.24 bits per heavy atom. The number of benzene rings is 1. The normalized spacial score (nSPS) is 17.5. The van der Waals surface area contributed by atoms with E-state index in [4.69, 9.17) is 16.7 Å². The van der Waals surface area contributed by atoms with Gasteiger partial charge in [0.05, 0.1) is 5.69 Å². The predicted octanol–water partition coefficient (Wildman–Crippen LogP) is 3.31. The number of urea groups is 1. The monoisotopic (exact) mass is 310 g/mol. The Hall–Kier alpha value is -1.26. The topological polar surface area (TPSA) is 52.6 Å². The SMILES string of the molecule is CC(CCCO)NC(=O)N1CC(C)(C)c2c(Cl)cccc21. The summed E-state index contributed by atoms with van der Waals surface area (Å²) in [6, 6.07) is 5.62. The van der Waals surface area contributed by atoms with Crippen LogP contribution in [0.5, 0.6) is 0 Å². The highest BCUT2D eigenvalue weighted by atomic mass is 35.5. The maximum absolute atomic E-state index is 12.5. The number of rotatable bonds is 4. The third-order valence-electron chi connectivity index (χ3n) is 3.92. The zero-order valence-corrected chi connectivity index (χ0v) is 13.6. The molecule has 116 valence electrons. The average Bonchev–Trinajstić information content (AvgIpc) is 2.69. The van der Waals surface area contributed by atoms with Gasteiger partial charge in [0.15, 0.2) is 0 Å². The highest BCUT2D eigenvalue weighted by Gasteiger charge is 2.39. The smallest absolute Gasteiger partial charge is 0.322 e. The third kappa shape index (κ3) is 3.33. The number of aliphatic hydroxyl groups is 1. The van der Waals surface area contributed by atoms with Gasteiger partial charge in [0.25, 0.3) is 0 Å². The molecule has 0 aliphatic carbocycles. The molecule has 1 aliphatic rings. The van der Waals surface area contributed by atoms with Gasteiger partial charge in [-0.05, 0) is 31.9 Å². The van der Waals surface area contributed by atoms with Crippen LogP contribution in [-0.4, -0.2) is 30.3 Å². The molecule has 0 bridgehead atoms. The van der Waals surface area contributed by atoms with Crippen molar-refractivity contribution in [1.29, 1.82) is 0 Å². The molecule has 1 unspecified atom stereocenters. The lowest BCUT2D eigenvalue weighted by molar-refractivity contribution is 0.239. The number of carbonyl (C=O) groups excluding carboxylic acids is 1. The maximum Gasteiger partial charge on any atom is 0.322 e. The fraction of sp³-hybridized carbons (Fsp3) is 0.562. The highest BCUT2D eigenvalue weighted by Crippen LogP contribution is 2.44. The van der Waals surface area contributed by atoms with E-state index in [0.29, 0.717) is 18.0 Å². The van der Waals surface area contributed by atoms with Crippen LogP contribution in [0.3, 0.4) is 0 Å². The average molecular weight is 311 g/mol. The molecule has 2 N–H and O–H groups in total. The predicted molar refractivity (Wildman–Crippen MR) is 86.1 cm³/mol. The number of amides is 2. The summed E-state index contributed by atoms with van der Waals surface area (Å²) in [6.07, 6.45) is 1.46.